The van der Waals surface area contributed by atoms with Crippen LogP contribution in [0.25, 0.3) is 0 Å². The fourth-order valence-corrected chi connectivity index (χ4v) is 5.62. The summed E-state index contributed by atoms with van der Waals surface area (Å²) in [6.07, 6.45) is 0.976. The van der Waals surface area contributed by atoms with Crippen molar-refractivity contribution in [2.24, 2.45) is 5.10 Å². The molecule has 0 bridgehead atoms. The minimum Gasteiger partial charge on any atom is -0.337 e. The summed E-state index contributed by atoms with van der Waals surface area (Å²) in [6.45, 7) is 0. The number of hydrazone groups is 1. The first-order valence-electron chi connectivity index (χ1n) is 9.39. The van der Waals surface area contributed by atoms with Crippen LogP contribution in [0.3, 0.4) is 0 Å². The SMILES string of the molecule is CN(C(=O)C1=NN(c2ccccc2)[C@@H](c2ccccc2)C1)[C@@H]1CCS(=O)(=O)C1. The van der Waals surface area contributed by atoms with Crippen LogP contribution in [0, 0.1) is 0 Å². The second kappa shape index (κ2) is 7.39. The summed E-state index contributed by atoms with van der Waals surface area (Å²) in [5, 5.41) is 6.54. The van der Waals surface area contributed by atoms with Gasteiger partial charge in [-0.25, -0.2) is 8.42 Å². The maximum atomic E-state index is 13.1. The van der Waals surface area contributed by atoms with E-state index in [2.05, 4.69) is 5.10 Å². The monoisotopic (exact) mass is 397 g/mol. The number of amides is 1. The smallest absolute Gasteiger partial charge is 0.270 e. The molecule has 0 aliphatic carbocycles. The van der Waals surface area contributed by atoms with E-state index in [4.69, 9.17) is 0 Å². The topological polar surface area (TPSA) is 70.1 Å². The molecule has 4 rings (SSSR count). The van der Waals surface area contributed by atoms with Gasteiger partial charge in [-0.2, -0.15) is 5.10 Å². The van der Waals surface area contributed by atoms with Crippen LogP contribution in [0.5, 0.6) is 0 Å². The summed E-state index contributed by atoms with van der Waals surface area (Å²) in [5.74, 6) is -0.0149. The van der Waals surface area contributed by atoms with Gasteiger partial charge in [0.2, 0.25) is 0 Å². The normalized spacial score (nSPS) is 23.5. The van der Waals surface area contributed by atoms with E-state index in [9.17, 15) is 13.2 Å². The first kappa shape index (κ1) is 18.7. The molecule has 2 aromatic rings. The van der Waals surface area contributed by atoms with Crippen molar-refractivity contribution in [3.8, 4) is 0 Å². The molecule has 2 aliphatic rings. The van der Waals surface area contributed by atoms with Crippen molar-refractivity contribution in [3.05, 3.63) is 66.2 Å². The van der Waals surface area contributed by atoms with Crippen molar-refractivity contribution < 1.29 is 13.2 Å². The third-order valence-corrected chi connectivity index (χ3v) is 7.19. The molecule has 28 heavy (non-hydrogen) atoms. The molecule has 2 aliphatic heterocycles. The summed E-state index contributed by atoms with van der Waals surface area (Å²) in [6, 6.07) is 19.4. The Morgan fingerprint density at radius 1 is 1.07 bits per heavy atom. The number of rotatable bonds is 4. The van der Waals surface area contributed by atoms with Crippen LogP contribution in [-0.4, -0.2) is 49.5 Å². The molecule has 1 saturated heterocycles. The Labute approximate surface area is 165 Å². The van der Waals surface area contributed by atoms with Crippen molar-refractivity contribution in [1.29, 1.82) is 0 Å². The van der Waals surface area contributed by atoms with Crippen LogP contribution in [-0.2, 0) is 14.6 Å². The van der Waals surface area contributed by atoms with Gasteiger partial charge >= 0.3 is 0 Å². The van der Waals surface area contributed by atoms with Gasteiger partial charge < -0.3 is 4.90 Å². The number of hydrogen-bond donors (Lipinski definition) is 0. The van der Waals surface area contributed by atoms with E-state index in [0.717, 1.165) is 11.3 Å². The molecule has 6 nitrogen and oxygen atoms in total. The molecule has 2 heterocycles. The molecule has 1 fully saturated rings. The number of para-hydroxylation sites is 1. The van der Waals surface area contributed by atoms with Gasteiger partial charge in [0.15, 0.2) is 9.84 Å². The standard InChI is InChI=1S/C21H23N3O3S/c1-23(18-12-13-28(26,27)15-18)21(25)19-14-20(16-8-4-2-5-9-16)24(22-19)17-10-6-3-7-11-17/h2-11,18,20H,12-15H2,1H3/t18-,20-/m1/s1. The van der Waals surface area contributed by atoms with Gasteiger partial charge in [0.25, 0.3) is 5.91 Å². The Morgan fingerprint density at radius 2 is 1.71 bits per heavy atom. The Morgan fingerprint density at radius 3 is 2.32 bits per heavy atom. The fraction of sp³-hybridized carbons (Fsp3) is 0.333. The van der Waals surface area contributed by atoms with Crippen molar-refractivity contribution in [2.75, 3.05) is 23.6 Å². The van der Waals surface area contributed by atoms with Crippen molar-refractivity contribution in [3.63, 3.8) is 0 Å². The van der Waals surface area contributed by atoms with E-state index in [1.165, 1.54) is 0 Å². The molecular weight excluding hydrogens is 374 g/mol. The van der Waals surface area contributed by atoms with Crippen molar-refractivity contribution in [2.45, 2.75) is 24.9 Å². The molecule has 0 saturated carbocycles. The van der Waals surface area contributed by atoms with Gasteiger partial charge in [0, 0.05) is 19.5 Å². The minimum absolute atomic E-state index is 0.0348. The number of sulfone groups is 1. The second-order valence-electron chi connectivity index (χ2n) is 7.33. The number of hydrogen-bond acceptors (Lipinski definition) is 5. The average molecular weight is 398 g/mol. The highest BCUT2D eigenvalue weighted by atomic mass is 32.2. The lowest BCUT2D eigenvalue weighted by Gasteiger charge is -2.24. The molecule has 0 spiro atoms. The van der Waals surface area contributed by atoms with Crippen molar-refractivity contribution in [1.82, 2.24) is 4.90 Å². The summed E-state index contributed by atoms with van der Waals surface area (Å²) in [4.78, 5) is 14.6. The van der Waals surface area contributed by atoms with Gasteiger partial charge in [0.05, 0.1) is 23.2 Å². The van der Waals surface area contributed by atoms with Crippen LogP contribution < -0.4 is 5.01 Å². The van der Waals surface area contributed by atoms with Gasteiger partial charge in [0.1, 0.15) is 5.71 Å². The third-order valence-electron chi connectivity index (χ3n) is 5.44. The molecule has 0 N–H and O–H groups in total. The van der Waals surface area contributed by atoms with E-state index >= 15 is 0 Å². The predicted octanol–water partition coefficient (Wildman–Crippen LogP) is 2.64. The first-order valence-corrected chi connectivity index (χ1v) is 11.2. The summed E-state index contributed by atoms with van der Waals surface area (Å²) in [7, 11) is -1.37. The molecule has 1 amide bonds. The van der Waals surface area contributed by atoms with Crippen LogP contribution in [0.1, 0.15) is 24.4 Å². The molecular formula is C21H23N3O3S. The number of carbonyl (C=O) groups excluding carboxylic acids is 1. The zero-order valence-electron chi connectivity index (χ0n) is 15.7. The Bertz CT molecular complexity index is 990. The van der Waals surface area contributed by atoms with Crippen LogP contribution >= 0.6 is 0 Å². The second-order valence-corrected chi connectivity index (χ2v) is 9.56. The van der Waals surface area contributed by atoms with Crippen molar-refractivity contribution >= 4 is 27.1 Å². The van der Waals surface area contributed by atoms with E-state index in [1.54, 1.807) is 11.9 Å². The zero-order chi connectivity index (χ0) is 19.7. The average Bonchev–Trinajstić information content (AvgIpc) is 3.32. The molecule has 0 aromatic heterocycles. The molecule has 0 radical (unpaired) electrons. The van der Waals surface area contributed by atoms with Gasteiger partial charge in [-0.1, -0.05) is 48.5 Å². The number of benzene rings is 2. The number of anilines is 1. The Hall–Kier alpha value is -2.67. The fourth-order valence-electron chi connectivity index (χ4n) is 3.84. The van der Waals surface area contributed by atoms with Crippen LogP contribution in [0.2, 0.25) is 0 Å². The summed E-state index contributed by atoms with van der Waals surface area (Å²) < 4.78 is 23.6. The highest BCUT2D eigenvalue weighted by molar-refractivity contribution is 7.91. The Balaban J connectivity index is 1.61. The van der Waals surface area contributed by atoms with Crippen LogP contribution in [0.15, 0.2) is 65.8 Å². The molecule has 7 heteroatoms. The number of nitrogens with zero attached hydrogens (tertiary/aromatic N) is 3. The van der Waals surface area contributed by atoms with E-state index < -0.39 is 9.84 Å². The maximum absolute atomic E-state index is 13.1. The summed E-state index contributed by atoms with van der Waals surface area (Å²) in [5.41, 5.74) is 2.47. The Kier molecular flexibility index (Phi) is 4.93. The van der Waals surface area contributed by atoms with Gasteiger partial charge in [-0.15, -0.1) is 0 Å². The van der Waals surface area contributed by atoms with E-state index in [0.29, 0.717) is 18.6 Å². The zero-order valence-corrected chi connectivity index (χ0v) is 16.5. The lowest BCUT2D eigenvalue weighted by molar-refractivity contribution is -0.124. The van der Waals surface area contributed by atoms with Gasteiger partial charge in [-0.3, -0.25) is 9.80 Å². The largest absolute Gasteiger partial charge is 0.337 e. The molecule has 0 unspecified atom stereocenters. The highest BCUT2D eigenvalue weighted by Crippen LogP contribution is 2.35. The first-order chi connectivity index (χ1) is 13.4. The molecule has 146 valence electrons. The molecule has 2 atom stereocenters. The lowest BCUT2D eigenvalue weighted by Crippen LogP contribution is -2.41. The van der Waals surface area contributed by atoms with Gasteiger partial charge in [-0.05, 0) is 24.1 Å². The van der Waals surface area contributed by atoms with E-state index in [-0.39, 0.29) is 29.5 Å². The minimum atomic E-state index is -3.05. The van der Waals surface area contributed by atoms with E-state index in [1.807, 2.05) is 65.7 Å². The number of carbonyl (C=O) groups is 1. The van der Waals surface area contributed by atoms with Crippen LogP contribution in [0.4, 0.5) is 5.69 Å². The quantitative estimate of drug-likeness (QED) is 0.795. The third kappa shape index (κ3) is 3.67. The maximum Gasteiger partial charge on any atom is 0.270 e. The highest BCUT2D eigenvalue weighted by Gasteiger charge is 2.38. The predicted molar refractivity (Wildman–Crippen MR) is 110 cm³/mol. The summed E-state index contributed by atoms with van der Waals surface area (Å²) >= 11 is 0. The molecule has 2 aromatic carbocycles. The lowest BCUT2D eigenvalue weighted by atomic mass is 10.0.